The number of nitrogens with zero attached hydrogens (tertiary/aromatic N) is 2. The number of benzene rings is 2. The quantitative estimate of drug-likeness (QED) is 0.488. The molecule has 0 spiro atoms. The van der Waals surface area contributed by atoms with Gasteiger partial charge in [0.15, 0.2) is 0 Å². The van der Waals surface area contributed by atoms with Gasteiger partial charge < -0.3 is 14.0 Å². The Morgan fingerprint density at radius 1 is 1.18 bits per heavy atom. The first kappa shape index (κ1) is 19.5. The first-order chi connectivity index (χ1) is 13.6. The Labute approximate surface area is 164 Å². The lowest BCUT2D eigenvalue weighted by molar-refractivity contribution is 0.152. The normalized spacial score (nSPS) is 11.1. The maximum Gasteiger partial charge on any atom is 0.427 e. The van der Waals surface area contributed by atoms with Crippen LogP contribution in [0.25, 0.3) is 10.9 Å². The summed E-state index contributed by atoms with van der Waals surface area (Å²) in [5, 5.41) is 5.03. The summed E-state index contributed by atoms with van der Waals surface area (Å²) in [6.07, 6.45) is 3.06. The number of ether oxygens (including phenoxy) is 2. The van der Waals surface area contributed by atoms with Gasteiger partial charge >= 0.3 is 6.09 Å². The van der Waals surface area contributed by atoms with Crippen molar-refractivity contribution >= 4 is 23.2 Å². The molecular formula is C22H25N3O3. The minimum absolute atomic E-state index is 0.307. The summed E-state index contributed by atoms with van der Waals surface area (Å²) in [7, 11) is 0. The second-order valence-corrected chi connectivity index (χ2v) is 6.48. The fourth-order valence-electron chi connectivity index (χ4n) is 2.95. The third-order valence-electron chi connectivity index (χ3n) is 4.53. The van der Waals surface area contributed by atoms with Crippen molar-refractivity contribution in [1.82, 2.24) is 9.99 Å². The molecule has 6 heteroatoms. The van der Waals surface area contributed by atoms with Gasteiger partial charge in [-0.25, -0.2) is 10.2 Å². The number of fused-ring (bicyclic) bond motifs is 1. The number of aryl methyl sites for hydroxylation is 2. The standard InChI is InChI=1S/C22H25N3O3/c1-4-27-22(26)24-23-14-18-15-25(21-8-6-5-7-20(18)21)11-12-28-19-10-9-16(2)17(3)13-19/h5-10,13-15H,4,11-12H2,1-3H3,(H,24,26)/b23-14-. The van der Waals surface area contributed by atoms with E-state index in [0.717, 1.165) is 22.2 Å². The molecule has 0 atom stereocenters. The Morgan fingerprint density at radius 2 is 2.00 bits per heavy atom. The maximum atomic E-state index is 11.4. The highest BCUT2D eigenvalue weighted by atomic mass is 16.5. The van der Waals surface area contributed by atoms with E-state index in [0.29, 0.717) is 19.8 Å². The number of hydrazone groups is 1. The molecular weight excluding hydrogens is 354 g/mol. The van der Waals surface area contributed by atoms with Crippen molar-refractivity contribution in [2.45, 2.75) is 27.3 Å². The molecule has 1 amide bonds. The van der Waals surface area contributed by atoms with Gasteiger partial charge in [0, 0.05) is 22.7 Å². The Bertz CT molecular complexity index is 992. The van der Waals surface area contributed by atoms with Gasteiger partial charge in [-0.05, 0) is 50.1 Å². The number of carbonyl (C=O) groups excluding carboxylic acids is 1. The van der Waals surface area contributed by atoms with Crippen molar-refractivity contribution in [3.63, 3.8) is 0 Å². The molecule has 0 saturated carbocycles. The topological polar surface area (TPSA) is 64.8 Å². The van der Waals surface area contributed by atoms with Crippen LogP contribution in [0, 0.1) is 13.8 Å². The van der Waals surface area contributed by atoms with E-state index in [1.807, 2.05) is 30.5 Å². The van der Waals surface area contributed by atoms with E-state index < -0.39 is 6.09 Å². The molecule has 0 bridgehead atoms. The van der Waals surface area contributed by atoms with Crippen LogP contribution in [0.15, 0.2) is 53.8 Å². The molecule has 0 aliphatic rings. The van der Waals surface area contributed by atoms with Crippen LogP contribution in [0.4, 0.5) is 4.79 Å². The number of rotatable bonds is 7. The SMILES string of the molecule is CCOC(=O)N/N=C\c1cn(CCOc2ccc(C)c(C)c2)c2ccccc12. The highest BCUT2D eigenvalue weighted by Crippen LogP contribution is 2.21. The lowest BCUT2D eigenvalue weighted by Crippen LogP contribution is -2.18. The summed E-state index contributed by atoms with van der Waals surface area (Å²) in [5.74, 6) is 0.875. The molecule has 1 N–H and O–H groups in total. The molecule has 0 fully saturated rings. The average molecular weight is 379 g/mol. The molecule has 0 unspecified atom stereocenters. The third kappa shape index (κ3) is 4.71. The van der Waals surface area contributed by atoms with Crippen molar-refractivity contribution in [2.75, 3.05) is 13.2 Å². The van der Waals surface area contributed by atoms with Gasteiger partial charge in [-0.2, -0.15) is 5.10 Å². The zero-order chi connectivity index (χ0) is 19.9. The molecule has 146 valence electrons. The second kappa shape index (κ2) is 9.08. The minimum Gasteiger partial charge on any atom is -0.492 e. The Balaban J connectivity index is 1.70. The predicted octanol–water partition coefficient (Wildman–Crippen LogP) is 4.42. The summed E-state index contributed by atoms with van der Waals surface area (Å²) >= 11 is 0. The van der Waals surface area contributed by atoms with Crippen LogP contribution in [0.3, 0.4) is 0 Å². The zero-order valence-corrected chi connectivity index (χ0v) is 16.4. The van der Waals surface area contributed by atoms with Gasteiger partial charge in [-0.1, -0.05) is 24.3 Å². The molecule has 1 aromatic heterocycles. The second-order valence-electron chi connectivity index (χ2n) is 6.48. The summed E-state index contributed by atoms with van der Waals surface area (Å²) in [6, 6.07) is 14.2. The molecule has 6 nitrogen and oxygen atoms in total. The smallest absolute Gasteiger partial charge is 0.427 e. The van der Waals surface area contributed by atoms with E-state index in [2.05, 4.69) is 47.1 Å². The number of para-hydroxylation sites is 1. The molecule has 28 heavy (non-hydrogen) atoms. The van der Waals surface area contributed by atoms with Crippen LogP contribution in [0.5, 0.6) is 5.75 Å². The lowest BCUT2D eigenvalue weighted by atomic mass is 10.1. The van der Waals surface area contributed by atoms with Crippen LogP contribution in [0.2, 0.25) is 0 Å². The van der Waals surface area contributed by atoms with Crippen molar-refractivity contribution in [3.8, 4) is 5.75 Å². The number of hydrogen-bond donors (Lipinski definition) is 1. The summed E-state index contributed by atoms with van der Waals surface area (Å²) in [6.45, 7) is 7.48. The van der Waals surface area contributed by atoms with Crippen molar-refractivity contribution < 1.29 is 14.3 Å². The fraction of sp³-hybridized carbons (Fsp3) is 0.273. The maximum absolute atomic E-state index is 11.4. The average Bonchev–Trinajstić information content (AvgIpc) is 3.03. The molecule has 0 aliphatic heterocycles. The molecule has 1 heterocycles. The van der Waals surface area contributed by atoms with E-state index in [1.54, 1.807) is 13.1 Å². The number of aromatic nitrogens is 1. The first-order valence-corrected chi connectivity index (χ1v) is 9.32. The van der Waals surface area contributed by atoms with Crippen LogP contribution in [-0.2, 0) is 11.3 Å². The first-order valence-electron chi connectivity index (χ1n) is 9.32. The van der Waals surface area contributed by atoms with Gasteiger partial charge in [0.1, 0.15) is 12.4 Å². The van der Waals surface area contributed by atoms with Gasteiger partial charge in [0.25, 0.3) is 0 Å². The van der Waals surface area contributed by atoms with E-state index >= 15 is 0 Å². The van der Waals surface area contributed by atoms with Crippen molar-refractivity contribution in [3.05, 3.63) is 65.4 Å². The highest BCUT2D eigenvalue weighted by Gasteiger charge is 2.07. The van der Waals surface area contributed by atoms with Crippen LogP contribution >= 0.6 is 0 Å². The monoisotopic (exact) mass is 379 g/mol. The van der Waals surface area contributed by atoms with Gasteiger partial charge in [0.2, 0.25) is 0 Å². The highest BCUT2D eigenvalue weighted by molar-refractivity contribution is 5.99. The van der Waals surface area contributed by atoms with Crippen LogP contribution in [-0.4, -0.2) is 30.1 Å². The molecule has 0 saturated heterocycles. The molecule has 3 aromatic rings. The molecule has 0 aliphatic carbocycles. The van der Waals surface area contributed by atoms with Gasteiger partial charge in [-0.3, -0.25) is 0 Å². The van der Waals surface area contributed by atoms with Crippen molar-refractivity contribution in [2.24, 2.45) is 5.10 Å². The third-order valence-corrected chi connectivity index (χ3v) is 4.53. The zero-order valence-electron chi connectivity index (χ0n) is 16.4. The lowest BCUT2D eigenvalue weighted by Gasteiger charge is -2.10. The Morgan fingerprint density at radius 3 is 2.79 bits per heavy atom. The number of amides is 1. The largest absolute Gasteiger partial charge is 0.492 e. The fourth-order valence-corrected chi connectivity index (χ4v) is 2.95. The molecule has 2 aromatic carbocycles. The van der Waals surface area contributed by atoms with Gasteiger partial charge in [0.05, 0.1) is 19.4 Å². The number of hydrogen-bond acceptors (Lipinski definition) is 4. The van der Waals surface area contributed by atoms with Crippen molar-refractivity contribution in [1.29, 1.82) is 0 Å². The van der Waals surface area contributed by atoms with E-state index in [4.69, 9.17) is 9.47 Å². The number of nitrogens with one attached hydrogen (secondary N) is 1. The van der Waals surface area contributed by atoms with E-state index in [-0.39, 0.29) is 0 Å². The van der Waals surface area contributed by atoms with Crippen LogP contribution < -0.4 is 10.2 Å². The molecule has 3 rings (SSSR count). The van der Waals surface area contributed by atoms with Gasteiger partial charge in [-0.15, -0.1) is 0 Å². The van der Waals surface area contributed by atoms with E-state index in [1.165, 1.54) is 11.1 Å². The summed E-state index contributed by atoms with van der Waals surface area (Å²) in [4.78, 5) is 11.4. The minimum atomic E-state index is -0.565. The van der Waals surface area contributed by atoms with Crippen LogP contribution in [0.1, 0.15) is 23.6 Å². The Kier molecular flexibility index (Phi) is 6.32. The van der Waals surface area contributed by atoms with E-state index in [9.17, 15) is 4.79 Å². The summed E-state index contributed by atoms with van der Waals surface area (Å²) < 4.78 is 12.8. The predicted molar refractivity (Wildman–Crippen MR) is 111 cm³/mol. The number of carbonyl (C=O) groups is 1. The summed E-state index contributed by atoms with van der Waals surface area (Å²) in [5.41, 5.74) is 6.83. The molecule has 0 radical (unpaired) electrons. The Hall–Kier alpha value is -3.28.